The van der Waals surface area contributed by atoms with Crippen LogP contribution in [0.25, 0.3) is 0 Å². The van der Waals surface area contributed by atoms with E-state index in [2.05, 4.69) is 76.3 Å². The number of hydrogen-bond acceptors (Lipinski definition) is 1. The van der Waals surface area contributed by atoms with Gasteiger partial charge in [-0.15, -0.1) is 0 Å². The van der Waals surface area contributed by atoms with Gasteiger partial charge in [-0.1, -0.05) is 256 Å². The highest BCUT2D eigenvalue weighted by Crippen LogP contribution is 2.64. The minimum atomic E-state index is 0.245. The molecule has 6 rings (SSSR count). The molecule has 360 valence electrons. The molecular formula is C62H106O. The lowest BCUT2D eigenvalue weighted by Crippen LogP contribution is -2.48. The van der Waals surface area contributed by atoms with Gasteiger partial charge in [0, 0.05) is 22.7 Å². The van der Waals surface area contributed by atoms with Crippen LogP contribution in [-0.2, 0) is 4.74 Å². The van der Waals surface area contributed by atoms with Crippen molar-refractivity contribution in [1.82, 2.24) is 0 Å². The van der Waals surface area contributed by atoms with Crippen molar-refractivity contribution in [2.45, 2.75) is 272 Å². The minimum Gasteiger partial charge on any atom is -0.380 e. The molecule has 1 heteroatoms. The number of hydrogen-bond donors (Lipinski definition) is 0. The maximum Gasteiger partial charge on any atom is 0.0563 e. The second-order valence-electron chi connectivity index (χ2n) is 23.6. The van der Waals surface area contributed by atoms with E-state index in [4.69, 9.17) is 4.74 Å². The normalized spacial score (nSPS) is 32.9. The minimum absolute atomic E-state index is 0.245. The van der Waals surface area contributed by atoms with Crippen molar-refractivity contribution in [2.24, 2.45) is 57.2 Å². The molecule has 63 heavy (non-hydrogen) atoms. The number of allylic oxidation sites excluding steroid dienone is 4. The third kappa shape index (κ3) is 13.6. The lowest BCUT2D eigenvalue weighted by molar-refractivity contribution is -0.0295. The van der Waals surface area contributed by atoms with E-state index in [-0.39, 0.29) is 10.8 Å². The Morgan fingerprint density at radius 3 is 1.06 bits per heavy atom. The highest BCUT2D eigenvalue weighted by atomic mass is 16.5. The van der Waals surface area contributed by atoms with Crippen molar-refractivity contribution in [1.29, 1.82) is 0 Å². The summed E-state index contributed by atoms with van der Waals surface area (Å²) in [4.78, 5) is 0. The van der Waals surface area contributed by atoms with Gasteiger partial charge in [-0.3, -0.25) is 0 Å². The predicted molar refractivity (Wildman–Crippen MR) is 276 cm³/mol. The second-order valence-corrected chi connectivity index (χ2v) is 23.6. The van der Waals surface area contributed by atoms with Gasteiger partial charge in [0.1, 0.15) is 0 Å². The first-order chi connectivity index (χ1) is 31.0. The van der Waals surface area contributed by atoms with E-state index in [1.807, 2.05) is 0 Å². The van der Waals surface area contributed by atoms with Gasteiger partial charge in [0.05, 0.1) is 13.2 Å². The van der Waals surface area contributed by atoms with Crippen molar-refractivity contribution in [3.63, 3.8) is 0 Å². The van der Waals surface area contributed by atoms with E-state index in [1.165, 1.54) is 244 Å². The summed E-state index contributed by atoms with van der Waals surface area (Å²) in [5, 5.41) is 0. The molecule has 0 spiro atoms. The van der Waals surface area contributed by atoms with Gasteiger partial charge in [-0.05, 0) is 98.7 Å². The number of rotatable bonds is 28. The summed E-state index contributed by atoms with van der Waals surface area (Å²) >= 11 is 0. The summed E-state index contributed by atoms with van der Waals surface area (Å²) in [7, 11) is 0. The first-order valence-corrected chi connectivity index (χ1v) is 29.3. The first kappa shape index (κ1) is 51.3. The Morgan fingerprint density at radius 1 is 0.381 bits per heavy atom. The van der Waals surface area contributed by atoms with Crippen LogP contribution in [-0.4, -0.2) is 13.2 Å². The van der Waals surface area contributed by atoms with Crippen LogP contribution >= 0.6 is 0 Å². The van der Waals surface area contributed by atoms with Gasteiger partial charge in [-0.2, -0.15) is 0 Å². The highest BCUT2D eigenvalue weighted by molar-refractivity contribution is 5.28. The van der Waals surface area contributed by atoms with E-state index >= 15 is 0 Å². The summed E-state index contributed by atoms with van der Waals surface area (Å²) in [6.07, 6.45) is 76.5. The fourth-order valence-corrected chi connectivity index (χ4v) is 15.8. The SMILES string of the molecule is CCCCCCC[C@H]1CC[C@H](C2([C@]3(CCCCC)C=C[C@@H](COC[C@H]4C=C[C@](CCCCC)(C5([C@H]6CC[C@H](CCCCCCC)CC6)CCCCC5)C=C4)C=C3)CCCCC2)CC1. The van der Waals surface area contributed by atoms with Crippen LogP contribution in [0.15, 0.2) is 48.6 Å². The Bertz CT molecular complexity index is 1200. The lowest BCUT2D eigenvalue weighted by Gasteiger charge is -2.57. The molecule has 0 heterocycles. The molecule has 0 aromatic rings. The highest BCUT2D eigenvalue weighted by Gasteiger charge is 2.55. The maximum atomic E-state index is 6.75. The molecule has 6 aliphatic rings. The maximum absolute atomic E-state index is 6.75. The first-order valence-electron chi connectivity index (χ1n) is 29.3. The van der Waals surface area contributed by atoms with Crippen molar-refractivity contribution < 1.29 is 4.74 Å². The average molecular weight is 868 g/mol. The molecule has 0 atom stereocenters. The Morgan fingerprint density at radius 2 is 0.714 bits per heavy atom. The van der Waals surface area contributed by atoms with Crippen molar-refractivity contribution in [2.75, 3.05) is 13.2 Å². The van der Waals surface area contributed by atoms with Crippen LogP contribution in [0.5, 0.6) is 0 Å². The molecule has 4 saturated carbocycles. The third-order valence-electron chi connectivity index (χ3n) is 19.6. The van der Waals surface area contributed by atoms with Gasteiger partial charge < -0.3 is 4.74 Å². The van der Waals surface area contributed by atoms with Crippen LogP contribution in [0.2, 0.25) is 0 Å². The standard InChI is InChI=1S/C62H106O/c1-5-9-13-15-19-27-53-29-33-57(34-30-53)61(43-23-17-24-44-61)59(41-21-11-7-3)47-37-55(38-48-59)51-63-52-56-39-49-60(50-40-56,42-22-12-8-4)62(45-25-18-26-46-62)58-35-31-54(32-36-58)28-20-16-14-10-6-2/h37-40,47-50,53-58H,5-36,41-46,51-52H2,1-4H3/t53-,54-,55-,56-,57-,58-,59-,60-. The van der Waals surface area contributed by atoms with Gasteiger partial charge in [0.2, 0.25) is 0 Å². The smallest absolute Gasteiger partial charge is 0.0563 e. The zero-order valence-corrected chi connectivity index (χ0v) is 42.8. The fraction of sp³-hybridized carbons (Fsp3) is 0.871. The Balaban J connectivity index is 1.06. The third-order valence-corrected chi connectivity index (χ3v) is 19.6. The van der Waals surface area contributed by atoms with Crippen LogP contribution in [0.1, 0.15) is 272 Å². The molecule has 0 unspecified atom stereocenters. The molecule has 6 aliphatic carbocycles. The Hall–Kier alpha value is -1.08. The molecule has 0 aromatic heterocycles. The summed E-state index contributed by atoms with van der Waals surface area (Å²) < 4.78 is 6.75. The van der Waals surface area contributed by atoms with Crippen LogP contribution in [0.4, 0.5) is 0 Å². The quantitative estimate of drug-likeness (QED) is 0.0562. The van der Waals surface area contributed by atoms with E-state index in [9.17, 15) is 0 Å². The second kappa shape index (κ2) is 27.1. The largest absolute Gasteiger partial charge is 0.380 e. The van der Waals surface area contributed by atoms with Crippen LogP contribution in [0.3, 0.4) is 0 Å². The van der Waals surface area contributed by atoms with Crippen LogP contribution < -0.4 is 0 Å². The Kier molecular flexibility index (Phi) is 22.0. The lowest BCUT2D eigenvalue weighted by atomic mass is 9.47. The summed E-state index contributed by atoms with van der Waals surface area (Å²) in [5.41, 5.74) is 1.42. The van der Waals surface area contributed by atoms with E-state index in [0.29, 0.717) is 22.7 Å². The van der Waals surface area contributed by atoms with Crippen molar-refractivity contribution >= 4 is 0 Å². The molecular weight excluding hydrogens is 761 g/mol. The molecule has 0 bridgehead atoms. The fourth-order valence-electron chi connectivity index (χ4n) is 15.8. The Labute approximate surface area is 393 Å². The van der Waals surface area contributed by atoms with Crippen LogP contribution in [0, 0.1) is 57.2 Å². The van der Waals surface area contributed by atoms with E-state index in [0.717, 1.165) is 36.9 Å². The summed E-state index contributed by atoms with van der Waals surface area (Å²) in [6.45, 7) is 11.1. The average Bonchev–Trinajstić information content (AvgIpc) is 3.33. The van der Waals surface area contributed by atoms with Gasteiger partial charge in [0.25, 0.3) is 0 Å². The molecule has 0 aromatic carbocycles. The monoisotopic (exact) mass is 867 g/mol. The van der Waals surface area contributed by atoms with Gasteiger partial charge in [-0.25, -0.2) is 0 Å². The van der Waals surface area contributed by atoms with E-state index < -0.39 is 0 Å². The predicted octanol–water partition coefficient (Wildman–Crippen LogP) is 19.9. The number of ether oxygens (including phenoxy) is 1. The molecule has 0 saturated heterocycles. The topological polar surface area (TPSA) is 9.23 Å². The van der Waals surface area contributed by atoms with Crippen molar-refractivity contribution in [3.05, 3.63) is 48.6 Å². The van der Waals surface area contributed by atoms with Gasteiger partial charge >= 0.3 is 0 Å². The van der Waals surface area contributed by atoms with E-state index in [1.54, 1.807) is 0 Å². The summed E-state index contributed by atoms with van der Waals surface area (Å²) in [5.74, 6) is 4.63. The molecule has 1 nitrogen and oxygen atoms in total. The van der Waals surface area contributed by atoms with Crippen molar-refractivity contribution in [3.8, 4) is 0 Å². The summed E-state index contributed by atoms with van der Waals surface area (Å²) in [6, 6.07) is 0. The molecule has 0 radical (unpaired) electrons. The van der Waals surface area contributed by atoms with Gasteiger partial charge in [0.15, 0.2) is 0 Å². The molecule has 0 amide bonds. The molecule has 0 N–H and O–H groups in total. The zero-order chi connectivity index (χ0) is 44.1. The molecule has 0 aliphatic heterocycles. The molecule has 4 fully saturated rings. The zero-order valence-electron chi connectivity index (χ0n) is 42.8. The number of unbranched alkanes of at least 4 members (excludes halogenated alkanes) is 12.